The highest BCUT2D eigenvalue weighted by atomic mass is 19.4. The fourth-order valence-electron chi connectivity index (χ4n) is 1.56. The number of hydrogen-bond acceptors (Lipinski definition) is 2. The van der Waals surface area contributed by atoms with E-state index in [0.717, 1.165) is 18.9 Å². The Bertz CT molecular complexity index is 520. The molecule has 1 N–H and O–H groups in total. The summed E-state index contributed by atoms with van der Waals surface area (Å²) in [7, 11) is 0. The molecule has 0 aliphatic heterocycles. The van der Waals surface area contributed by atoms with Crippen LogP contribution < -0.4 is 5.56 Å². The summed E-state index contributed by atoms with van der Waals surface area (Å²) in [5, 5.41) is 8.72. The van der Waals surface area contributed by atoms with Gasteiger partial charge in [0.05, 0.1) is 0 Å². The first-order chi connectivity index (χ1) is 7.43. The highest BCUT2D eigenvalue weighted by molar-refractivity contribution is 5.41. The van der Waals surface area contributed by atoms with E-state index in [1.54, 1.807) is 11.1 Å². The number of aromatic amines is 1. The van der Waals surface area contributed by atoms with E-state index in [-0.39, 0.29) is 17.0 Å². The van der Waals surface area contributed by atoms with Crippen LogP contribution in [0.3, 0.4) is 0 Å². The zero-order valence-corrected chi connectivity index (χ0v) is 8.06. The predicted molar refractivity (Wildman–Crippen MR) is 48.8 cm³/mol. The van der Waals surface area contributed by atoms with Crippen molar-refractivity contribution >= 4 is 0 Å². The van der Waals surface area contributed by atoms with Crippen molar-refractivity contribution in [2.75, 3.05) is 0 Å². The number of alkyl halides is 3. The Balaban J connectivity index is 2.62. The van der Waals surface area contributed by atoms with E-state index >= 15 is 0 Å². The van der Waals surface area contributed by atoms with Crippen LogP contribution in [-0.4, -0.2) is 4.98 Å². The number of nitrogens with zero attached hydrogens (tertiary/aromatic N) is 1. The van der Waals surface area contributed by atoms with Gasteiger partial charge in [-0.05, 0) is 30.4 Å². The molecule has 1 aliphatic carbocycles. The third kappa shape index (κ3) is 1.81. The molecule has 0 spiro atoms. The lowest BCUT2D eigenvalue weighted by atomic mass is 10.1. The highest BCUT2D eigenvalue weighted by Crippen LogP contribution is 2.42. The van der Waals surface area contributed by atoms with Crippen LogP contribution in [0.2, 0.25) is 0 Å². The Morgan fingerprint density at radius 1 is 1.44 bits per heavy atom. The van der Waals surface area contributed by atoms with Gasteiger partial charge in [0.25, 0.3) is 5.56 Å². The lowest BCUT2D eigenvalue weighted by Gasteiger charge is -2.09. The van der Waals surface area contributed by atoms with Crippen LogP contribution >= 0.6 is 0 Å². The molecule has 0 saturated heterocycles. The summed E-state index contributed by atoms with van der Waals surface area (Å²) in [5.74, 6) is -0.0713. The van der Waals surface area contributed by atoms with Crippen LogP contribution in [0.5, 0.6) is 0 Å². The van der Waals surface area contributed by atoms with Gasteiger partial charge in [-0.2, -0.15) is 18.4 Å². The molecule has 1 aromatic rings. The van der Waals surface area contributed by atoms with Crippen molar-refractivity contribution in [2.45, 2.75) is 24.9 Å². The van der Waals surface area contributed by atoms with Gasteiger partial charge in [0.15, 0.2) is 0 Å². The van der Waals surface area contributed by atoms with Gasteiger partial charge in [-0.15, -0.1) is 0 Å². The number of nitrogens with one attached hydrogen (secondary N) is 1. The molecule has 0 bridgehead atoms. The van der Waals surface area contributed by atoms with Crippen LogP contribution in [0, 0.1) is 11.3 Å². The van der Waals surface area contributed by atoms with Crippen molar-refractivity contribution in [2.24, 2.45) is 0 Å². The summed E-state index contributed by atoms with van der Waals surface area (Å²) < 4.78 is 37.2. The molecule has 6 heteroatoms. The van der Waals surface area contributed by atoms with Gasteiger partial charge in [-0.1, -0.05) is 0 Å². The monoisotopic (exact) mass is 228 g/mol. The SMILES string of the molecule is N#Cc1c(C2CC2)cc(C(F)(F)F)[nH]c1=O. The van der Waals surface area contributed by atoms with Gasteiger partial charge in [-0.25, -0.2) is 0 Å². The predicted octanol–water partition coefficient (Wildman–Crippen LogP) is 2.14. The quantitative estimate of drug-likeness (QED) is 0.800. The van der Waals surface area contributed by atoms with Crippen LogP contribution in [0.15, 0.2) is 10.9 Å². The van der Waals surface area contributed by atoms with Crippen molar-refractivity contribution in [1.29, 1.82) is 5.26 Å². The topological polar surface area (TPSA) is 56.6 Å². The molecule has 2 rings (SSSR count). The molecule has 1 saturated carbocycles. The van der Waals surface area contributed by atoms with Crippen LogP contribution in [0.1, 0.15) is 35.6 Å². The first-order valence-corrected chi connectivity index (χ1v) is 4.68. The molecule has 1 heterocycles. The number of pyridine rings is 1. The van der Waals surface area contributed by atoms with Crippen molar-refractivity contribution in [3.8, 4) is 6.07 Å². The Morgan fingerprint density at radius 2 is 2.06 bits per heavy atom. The van der Waals surface area contributed by atoms with Gasteiger partial charge < -0.3 is 4.98 Å². The molecule has 0 amide bonds. The summed E-state index contributed by atoms with van der Waals surface area (Å²) >= 11 is 0. The Morgan fingerprint density at radius 3 is 2.50 bits per heavy atom. The summed E-state index contributed by atoms with van der Waals surface area (Å²) in [4.78, 5) is 13.0. The Hall–Kier alpha value is -1.77. The van der Waals surface area contributed by atoms with Gasteiger partial charge in [0.1, 0.15) is 17.3 Å². The summed E-state index contributed by atoms with van der Waals surface area (Å²) in [6, 6.07) is 2.53. The molecular weight excluding hydrogens is 221 g/mol. The van der Waals surface area contributed by atoms with Crippen LogP contribution in [0.4, 0.5) is 13.2 Å². The molecule has 1 aromatic heterocycles. The van der Waals surface area contributed by atoms with Gasteiger partial charge in [0, 0.05) is 0 Å². The fourth-order valence-corrected chi connectivity index (χ4v) is 1.56. The fraction of sp³-hybridized carbons (Fsp3) is 0.400. The van der Waals surface area contributed by atoms with Crippen molar-refractivity contribution in [1.82, 2.24) is 4.98 Å². The second-order valence-electron chi connectivity index (χ2n) is 3.73. The number of nitriles is 1. The summed E-state index contributed by atoms with van der Waals surface area (Å²) in [5.41, 5.74) is -2.02. The number of H-pyrrole nitrogens is 1. The maximum Gasteiger partial charge on any atom is 0.431 e. The molecule has 16 heavy (non-hydrogen) atoms. The van der Waals surface area contributed by atoms with E-state index in [4.69, 9.17) is 5.26 Å². The van der Waals surface area contributed by atoms with E-state index in [0.29, 0.717) is 0 Å². The average molecular weight is 228 g/mol. The lowest BCUT2D eigenvalue weighted by Crippen LogP contribution is -2.20. The Labute approximate surface area is 88.5 Å². The van der Waals surface area contributed by atoms with Gasteiger partial charge in [0.2, 0.25) is 0 Å². The molecule has 0 aromatic carbocycles. The van der Waals surface area contributed by atoms with E-state index in [1.165, 1.54) is 0 Å². The first kappa shape index (κ1) is 10.7. The number of rotatable bonds is 1. The number of halogens is 3. The zero-order valence-electron chi connectivity index (χ0n) is 8.06. The molecule has 3 nitrogen and oxygen atoms in total. The second-order valence-corrected chi connectivity index (χ2v) is 3.73. The third-order valence-corrected chi connectivity index (χ3v) is 2.50. The van der Waals surface area contributed by atoms with Crippen LogP contribution in [-0.2, 0) is 6.18 Å². The zero-order chi connectivity index (χ0) is 11.9. The van der Waals surface area contributed by atoms with Gasteiger partial charge in [-0.3, -0.25) is 4.79 Å². The highest BCUT2D eigenvalue weighted by Gasteiger charge is 2.35. The Kier molecular flexibility index (Phi) is 2.26. The standard InChI is InChI=1S/C10H7F3N2O/c11-10(12,13)8-3-6(5-1-2-5)7(4-14)9(16)15-8/h3,5H,1-2H2,(H,15,16). The van der Waals surface area contributed by atoms with Crippen LogP contribution in [0.25, 0.3) is 0 Å². The normalized spacial score (nSPS) is 15.9. The molecule has 1 fully saturated rings. The largest absolute Gasteiger partial charge is 0.431 e. The molecule has 0 radical (unpaired) electrons. The second kappa shape index (κ2) is 3.37. The molecular formula is C10H7F3N2O. The lowest BCUT2D eigenvalue weighted by molar-refractivity contribution is -0.141. The molecule has 84 valence electrons. The summed E-state index contributed by atoms with van der Waals surface area (Å²) in [6.07, 6.45) is -3.12. The van der Waals surface area contributed by atoms with E-state index in [1.807, 2.05) is 0 Å². The average Bonchev–Trinajstić information content (AvgIpc) is 2.98. The smallest absolute Gasteiger partial charge is 0.317 e. The molecule has 0 atom stereocenters. The van der Waals surface area contributed by atoms with E-state index in [2.05, 4.69) is 0 Å². The van der Waals surface area contributed by atoms with Crippen molar-refractivity contribution in [3.05, 3.63) is 33.2 Å². The number of aromatic nitrogens is 1. The maximum absolute atomic E-state index is 12.4. The minimum absolute atomic E-state index is 0.0713. The van der Waals surface area contributed by atoms with Gasteiger partial charge >= 0.3 is 6.18 Å². The summed E-state index contributed by atoms with van der Waals surface area (Å²) in [6.45, 7) is 0. The molecule has 0 unspecified atom stereocenters. The van der Waals surface area contributed by atoms with Crippen molar-refractivity contribution < 1.29 is 13.2 Å². The van der Waals surface area contributed by atoms with E-state index in [9.17, 15) is 18.0 Å². The minimum Gasteiger partial charge on any atom is -0.317 e. The third-order valence-electron chi connectivity index (χ3n) is 2.50. The molecule has 1 aliphatic rings. The number of hydrogen-bond donors (Lipinski definition) is 1. The first-order valence-electron chi connectivity index (χ1n) is 4.68. The minimum atomic E-state index is -4.59. The van der Waals surface area contributed by atoms with E-state index < -0.39 is 17.4 Å². The maximum atomic E-state index is 12.4. The van der Waals surface area contributed by atoms with Crippen molar-refractivity contribution in [3.63, 3.8) is 0 Å².